The summed E-state index contributed by atoms with van der Waals surface area (Å²) >= 11 is 12.9. The van der Waals surface area contributed by atoms with Crippen molar-refractivity contribution in [3.63, 3.8) is 0 Å². The van der Waals surface area contributed by atoms with Crippen molar-refractivity contribution in [2.75, 3.05) is 24.2 Å². The Kier molecular flexibility index (Phi) is 11.0. The predicted octanol–water partition coefficient (Wildman–Crippen LogP) is 5.54. The van der Waals surface area contributed by atoms with E-state index in [0.29, 0.717) is 21.3 Å². The molecular formula is C30H35Cl2N3O4S. The standard InChI is InChI=1S/C30H35Cl2N3O4S/c1-21-15-16-22(2)27(18-21)35(40(4,38)39)17-9-14-29(36)34(20-24-25(31)12-8-13-26(24)32)28(30(37)33-3)19-23-10-6-5-7-11-23/h5-8,10-13,15-16,18,28H,9,14,17,19-20H2,1-4H3,(H,33,37). The number of nitrogens with one attached hydrogen (secondary N) is 1. The van der Waals surface area contributed by atoms with Gasteiger partial charge in [-0.3, -0.25) is 13.9 Å². The van der Waals surface area contributed by atoms with E-state index in [2.05, 4.69) is 5.32 Å². The lowest BCUT2D eigenvalue weighted by atomic mass is 10.0. The second kappa shape index (κ2) is 14.0. The monoisotopic (exact) mass is 603 g/mol. The van der Waals surface area contributed by atoms with Crippen molar-refractivity contribution < 1.29 is 18.0 Å². The third kappa shape index (κ3) is 8.22. The van der Waals surface area contributed by atoms with Gasteiger partial charge < -0.3 is 10.2 Å². The quantitative estimate of drug-likeness (QED) is 0.294. The summed E-state index contributed by atoms with van der Waals surface area (Å²) in [7, 11) is -2.07. The minimum atomic E-state index is -3.60. The molecule has 0 saturated carbocycles. The van der Waals surface area contributed by atoms with Gasteiger partial charge in [-0.25, -0.2) is 8.42 Å². The van der Waals surface area contributed by atoms with Gasteiger partial charge in [0.2, 0.25) is 21.8 Å². The maximum atomic E-state index is 13.8. The van der Waals surface area contributed by atoms with Gasteiger partial charge in [-0.2, -0.15) is 0 Å². The van der Waals surface area contributed by atoms with Crippen molar-refractivity contribution in [2.24, 2.45) is 0 Å². The summed E-state index contributed by atoms with van der Waals surface area (Å²) in [5.41, 5.74) is 3.76. The van der Waals surface area contributed by atoms with Gasteiger partial charge in [0.05, 0.1) is 11.9 Å². The Morgan fingerprint density at radius 1 is 0.950 bits per heavy atom. The summed E-state index contributed by atoms with van der Waals surface area (Å²) in [4.78, 5) is 28.4. The zero-order valence-corrected chi connectivity index (χ0v) is 25.5. The Morgan fingerprint density at radius 2 is 1.60 bits per heavy atom. The summed E-state index contributed by atoms with van der Waals surface area (Å²) in [6.07, 6.45) is 1.70. The Hall–Kier alpha value is -3.07. The fraction of sp³-hybridized carbons (Fsp3) is 0.333. The summed E-state index contributed by atoms with van der Waals surface area (Å²) in [5.74, 6) is -0.636. The molecule has 0 radical (unpaired) electrons. The van der Waals surface area contributed by atoms with Crippen LogP contribution < -0.4 is 9.62 Å². The Morgan fingerprint density at radius 3 is 2.20 bits per heavy atom. The van der Waals surface area contributed by atoms with E-state index in [-0.39, 0.29) is 44.2 Å². The number of amides is 2. The number of nitrogens with zero attached hydrogens (tertiary/aromatic N) is 2. The van der Waals surface area contributed by atoms with Crippen LogP contribution in [0.2, 0.25) is 10.0 Å². The summed E-state index contributed by atoms with van der Waals surface area (Å²) in [6, 6.07) is 19.3. The van der Waals surface area contributed by atoms with E-state index in [1.54, 1.807) is 18.2 Å². The van der Waals surface area contributed by atoms with Crippen LogP contribution in [-0.2, 0) is 32.6 Å². The van der Waals surface area contributed by atoms with Crippen LogP contribution >= 0.6 is 23.2 Å². The van der Waals surface area contributed by atoms with E-state index in [4.69, 9.17) is 23.2 Å². The molecule has 0 aliphatic rings. The lowest BCUT2D eigenvalue weighted by Crippen LogP contribution is -2.50. The van der Waals surface area contributed by atoms with Crippen LogP contribution in [0, 0.1) is 13.8 Å². The van der Waals surface area contributed by atoms with Crippen LogP contribution in [0.25, 0.3) is 0 Å². The Bertz CT molecular complexity index is 1430. The first-order valence-electron chi connectivity index (χ1n) is 12.9. The molecule has 1 atom stereocenters. The average Bonchev–Trinajstić information content (AvgIpc) is 2.91. The topological polar surface area (TPSA) is 86.8 Å². The number of aryl methyl sites for hydroxylation is 2. The summed E-state index contributed by atoms with van der Waals surface area (Å²) in [5, 5.41) is 3.45. The normalized spacial score (nSPS) is 12.1. The number of halogens is 2. The molecule has 0 fully saturated rings. The van der Waals surface area contributed by atoms with Gasteiger partial charge in [0, 0.05) is 48.6 Å². The van der Waals surface area contributed by atoms with Crippen LogP contribution in [0.5, 0.6) is 0 Å². The first kappa shape index (κ1) is 31.5. The number of hydrogen-bond acceptors (Lipinski definition) is 4. The number of likely N-dealkylation sites (N-methyl/N-ethyl adjacent to an activating group) is 1. The van der Waals surface area contributed by atoms with Gasteiger partial charge in [0.15, 0.2) is 0 Å². The van der Waals surface area contributed by atoms with Crippen molar-refractivity contribution in [3.8, 4) is 0 Å². The largest absolute Gasteiger partial charge is 0.357 e. The van der Waals surface area contributed by atoms with Crippen molar-refractivity contribution in [3.05, 3.63) is 99.0 Å². The molecule has 40 heavy (non-hydrogen) atoms. The highest BCUT2D eigenvalue weighted by Gasteiger charge is 2.31. The smallest absolute Gasteiger partial charge is 0.242 e. The number of carbonyl (C=O) groups is 2. The molecule has 3 rings (SSSR count). The molecule has 7 nitrogen and oxygen atoms in total. The first-order chi connectivity index (χ1) is 18.9. The molecule has 3 aromatic rings. The first-order valence-corrected chi connectivity index (χ1v) is 15.6. The van der Waals surface area contributed by atoms with Crippen LogP contribution in [0.4, 0.5) is 5.69 Å². The highest BCUT2D eigenvalue weighted by atomic mass is 35.5. The molecule has 3 aromatic carbocycles. The van der Waals surface area contributed by atoms with Crippen LogP contribution in [0.3, 0.4) is 0 Å². The second-order valence-electron chi connectivity index (χ2n) is 9.77. The molecule has 0 aliphatic heterocycles. The molecule has 0 saturated heterocycles. The van der Waals surface area contributed by atoms with E-state index in [0.717, 1.165) is 22.9 Å². The molecule has 0 aliphatic carbocycles. The summed E-state index contributed by atoms with van der Waals surface area (Å²) in [6.45, 7) is 3.88. The van der Waals surface area contributed by atoms with E-state index in [1.165, 1.54) is 16.3 Å². The molecule has 214 valence electrons. The van der Waals surface area contributed by atoms with Gasteiger partial charge in [-0.1, -0.05) is 71.7 Å². The fourth-order valence-electron chi connectivity index (χ4n) is 4.54. The Balaban J connectivity index is 1.91. The van der Waals surface area contributed by atoms with Crippen molar-refractivity contribution >= 4 is 50.7 Å². The fourth-order valence-corrected chi connectivity index (χ4v) is 6.08. The van der Waals surface area contributed by atoms with Gasteiger partial charge in [0.25, 0.3) is 0 Å². The molecule has 2 amide bonds. The second-order valence-corrected chi connectivity index (χ2v) is 12.5. The molecular weight excluding hydrogens is 569 g/mol. The Labute approximate surface area is 247 Å². The lowest BCUT2D eigenvalue weighted by molar-refractivity contribution is -0.141. The average molecular weight is 605 g/mol. The number of rotatable bonds is 12. The molecule has 10 heteroatoms. The zero-order valence-electron chi connectivity index (χ0n) is 23.2. The maximum Gasteiger partial charge on any atom is 0.242 e. The maximum absolute atomic E-state index is 13.8. The van der Waals surface area contributed by atoms with Crippen molar-refractivity contribution in [1.29, 1.82) is 0 Å². The van der Waals surface area contributed by atoms with E-state index >= 15 is 0 Å². The van der Waals surface area contributed by atoms with Crippen molar-refractivity contribution in [1.82, 2.24) is 10.2 Å². The van der Waals surface area contributed by atoms with Crippen LogP contribution in [0.1, 0.15) is 35.1 Å². The van der Waals surface area contributed by atoms with E-state index in [9.17, 15) is 18.0 Å². The highest BCUT2D eigenvalue weighted by Crippen LogP contribution is 2.28. The zero-order chi connectivity index (χ0) is 29.4. The van der Waals surface area contributed by atoms with Gasteiger partial charge in [-0.15, -0.1) is 0 Å². The SMILES string of the molecule is CNC(=O)C(Cc1ccccc1)N(Cc1c(Cl)cccc1Cl)C(=O)CCCN(c1cc(C)ccc1C)S(C)(=O)=O. The van der Waals surface area contributed by atoms with Crippen molar-refractivity contribution in [2.45, 2.75) is 45.7 Å². The molecule has 0 spiro atoms. The highest BCUT2D eigenvalue weighted by molar-refractivity contribution is 7.92. The third-order valence-corrected chi connectivity index (χ3v) is 8.58. The van der Waals surface area contributed by atoms with Gasteiger partial charge in [0.1, 0.15) is 6.04 Å². The van der Waals surface area contributed by atoms with Gasteiger partial charge >= 0.3 is 0 Å². The van der Waals surface area contributed by atoms with Crippen LogP contribution in [0.15, 0.2) is 66.7 Å². The van der Waals surface area contributed by atoms with Crippen LogP contribution in [-0.4, -0.2) is 51.0 Å². The number of sulfonamides is 1. The van der Waals surface area contributed by atoms with Gasteiger partial charge in [-0.05, 0) is 55.2 Å². The molecule has 1 unspecified atom stereocenters. The number of carbonyl (C=O) groups excluding carboxylic acids is 2. The lowest BCUT2D eigenvalue weighted by Gasteiger charge is -2.32. The minimum Gasteiger partial charge on any atom is -0.357 e. The molecule has 1 N–H and O–H groups in total. The third-order valence-electron chi connectivity index (χ3n) is 6.69. The number of hydrogen-bond donors (Lipinski definition) is 1. The molecule has 0 heterocycles. The molecule has 0 bridgehead atoms. The number of anilines is 1. The number of benzene rings is 3. The van der Waals surface area contributed by atoms with E-state index in [1.807, 2.05) is 62.4 Å². The minimum absolute atomic E-state index is 0.0151. The predicted molar refractivity (Wildman–Crippen MR) is 162 cm³/mol. The van der Waals surface area contributed by atoms with E-state index < -0.39 is 16.1 Å². The summed E-state index contributed by atoms with van der Waals surface area (Å²) < 4.78 is 26.7. The molecule has 0 aromatic heterocycles.